The first-order chi connectivity index (χ1) is 8.29. The zero-order valence-corrected chi connectivity index (χ0v) is 10.9. The molecule has 0 saturated carbocycles. The maximum absolute atomic E-state index is 11.9. The van der Waals surface area contributed by atoms with Crippen LogP contribution in [0.1, 0.15) is 23.2 Å². The van der Waals surface area contributed by atoms with Crippen LogP contribution in [0.3, 0.4) is 0 Å². The molecule has 3 N–H and O–H groups in total. The number of carbonyl (C=O) groups is 1. The summed E-state index contributed by atoms with van der Waals surface area (Å²) in [6.45, 7) is -0.0374. The van der Waals surface area contributed by atoms with E-state index < -0.39 is 18.5 Å². The molecule has 3 nitrogen and oxygen atoms in total. The van der Waals surface area contributed by atoms with E-state index in [4.69, 9.17) is 5.73 Å². The minimum absolute atomic E-state index is 0.0374. The average molecular weight is 325 g/mol. The fourth-order valence-electron chi connectivity index (χ4n) is 1.31. The number of anilines is 1. The third-order valence-electron chi connectivity index (χ3n) is 2.18. The summed E-state index contributed by atoms with van der Waals surface area (Å²) in [5.74, 6) is -0.476. The van der Waals surface area contributed by atoms with Gasteiger partial charge in [-0.3, -0.25) is 4.79 Å². The van der Waals surface area contributed by atoms with Gasteiger partial charge in [0.05, 0.1) is 5.56 Å². The monoisotopic (exact) mass is 324 g/mol. The lowest BCUT2D eigenvalue weighted by Crippen LogP contribution is -2.26. The highest BCUT2D eigenvalue weighted by atomic mass is 79.9. The van der Waals surface area contributed by atoms with Gasteiger partial charge in [0.15, 0.2) is 0 Å². The van der Waals surface area contributed by atoms with Crippen molar-refractivity contribution in [3.63, 3.8) is 0 Å². The van der Waals surface area contributed by atoms with Gasteiger partial charge in [-0.1, -0.05) is 15.9 Å². The van der Waals surface area contributed by atoms with Crippen molar-refractivity contribution in [2.24, 2.45) is 0 Å². The lowest BCUT2D eigenvalue weighted by molar-refractivity contribution is -0.135. The van der Waals surface area contributed by atoms with Crippen LogP contribution in [0.15, 0.2) is 22.7 Å². The molecule has 7 heteroatoms. The summed E-state index contributed by atoms with van der Waals surface area (Å²) in [5.41, 5.74) is 6.13. The third kappa shape index (κ3) is 4.95. The molecule has 0 aliphatic carbocycles. The number of nitrogen functional groups attached to an aromatic ring is 1. The molecule has 0 unspecified atom stereocenters. The smallest absolute Gasteiger partial charge is 0.389 e. The number of hydrogen-bond acceptors (Lipinski definition) is 2. The van der Waals surface area contributed by atoms with Crippen LogP contribution in [-0.4, -0.2) is 18.6 Å². The van der Waals surface area contributed by atoms with Crippen LogP contribution >= 0.6 is 15.9 Å². The Morgan fingerprint density at radius 3 is 2.67 bits per heavy atom. The zero-order valence-electron chi connectivity index (χ0n) is 9.35. The highest BCUT2D eigenvalue weighted by Gasteiger charge is 2.26. The summed E-state index contributed by atoms with van der Waals surface area (Å²) in [5, 5.41) is 2.40. The Morgan fingerprint density at radius 1 is 1.39 bits per heavy atom. The van der Waals surface area contributed by atoms with Crippen LogP contribution in [-0.2, 0) is 0 Å². The van der Waals surface area contributed by atoms with Crippen LogP contribution in [0.25, 0.3) is 0 Å². The first kappa shape index (κ1) is 14.8. The van der Waals surface area contributed by atoms with Gasteiger partial charge in [-0.15, -0.1) is 0 Å². The number of benzene rings is 1. The second-order valence-electron chi connectivity index (χ2n) is 3.71. The van der Waals surface area contributed by atoms with Crippen molar-refractivity contribution in [3.8, 4) is 0 Å². The number of alkyl halides is 3. The Labute approximate surface area is 111 Å². The number of amides is 1. The number of halogens is 4. The van der Waals surface area contributed by atoms with E-state index in [1.54, 1.807) is 12.1 Å². The second kappa shape index (κ2) is 6.08. The van der Waals surface area contributed by atoms with Gasteiger partial charge in [-0.25, -0.2) is 0 Å². The lowest BCUT2D eigenvalue weighted by atomic mass is 10.1. The van der Waals surface area contributed by atoms with Gasteiger partial charge in [-0.05, 0) is 24.6 Å². The van der Waals surface area contributed by atoms with E-state index in [0.29, 0.717) is 4.47 Å². The standard InChI is InChI=1S/C11H12BrF3N2O/c12-7-2-3-9(16)8(6-7)10(18)17-5-1-4-11(13,14)15/h2-3,6H,1,4-5,16H2,(H,17,18). The molecule has 0 saturated heterocycles. The normalized spacial score (nSPS) is 11.3. The fraction of sp³-hybridized carbons (Fsp3) is 0.364. The number of nitrogens with one attached hydrogen (secondary N) is 1. The first-order valence-corrected chi connectivity index (χ1v) is 5.99. The van der Waals surface area contributed by atoms with E-state index in [2.05, 4.69) is 21.2 Å². The van der Waals surface area contributed by atoms with E-state index in [1.165, 1.54) is 6.07 Å². The van der Waals surface area contributed by atoms with Crippen LogP contribution in [0, 0.1) is 0 Å². The van der Waals surface area contributed by atoms with E-state index in [0.717, 1.165) is 0 Å². The highest BCUT2D eigenvalue weighted by molar-refractivity contribution is 9.10. The molecule has 1 aromatic carbocycles. The Morgan fingerprint density at radius 2 is 2.06 bits per heavy atom. The molecule has 18 heavy (non-hydrogen) atoms. The molecule has 1 aromatic rings. The molecule has 0 spiro atoms. The van der Waals surface area contributed by atoms with Crippen molar-refractivity contribution < 1.29 is 18.0 Å². The summed E-state index contributed by atoms with van der Waals surface area (Å²) >= 11 is 3.19. The molecular weight excluding hydrogens is 313 g/mol. The minimum atomic E-state index is -4.19. The maximum atomic E-state index is 11.9. The van der Waals surface area contributed by atoms with Crippen LogP contribution in [0.4, 0.5) is 18.9 Å². The van der Waals surface area contributed by atoms with Gasteiger partial charge in [-0.2, -0.15) is 13.2 Å². The molecule has 100 valence electrons. The van der Waals surface area contributed by atoms with E-state index in [-0.39, 0.29) is 24.2 Å². The van der Waals surface area contributed by atoms with Gasteiger partial charge >= 0.3 is 6.18 Å². The molecular formula is C11H12BrF3N2O. The van der Waals surface area contributed by atoms with Gasteiger partial charge < -0.3 is 11.1 Å². The SMILES string of the molecule is Nc1ccc(Br)cc1C(=O)NCCCC(F)(F)F. The summed E-state index contributed by atoms with van der Waals surface area (Å²) in [6.07, 6.45) is -5.26. The summed E-state index contributed by atoms with van der Waals surface area (Å²) in [7, 11) is 0. The Balaban J connectivity index is 2.48. The Bertz CT molecular complexity index is 435. The Kier molecular flexibility index (Phi) is 5.01. The number of carbonyl (C=O) groups excluding carboxylic acids is 1. The van der Waals surface area contributed by atoms with E-state index in [1.807, 2.05) is 0 Å². The van der Waals surface area contributed by atoms with Gasteiger partial charge in [0.1, 0.15) is 0 Å². The topological polar surface area (TPSA) is 55.1 Å². The number of nitrogens with two attached hydrogens (primary N) is 1. The van der Waals surface area contributed by atoms with Crippen LogP contribution in [0.5, 0.6) is 0 Å². The predicted octanol–water partition coefficient (Wildman–Crippen LogP) is 3.10. The molecule has 0 aliphatic rings. The van der Waals surface area contributed by atoms with Gasteiger partial charge in [0, 0.05) is 23.1 Å². The fourth-order valence-corrected chi connectivity index (χ4v) is 1.67. The summed E-state index contributed by atoms with van der Waals surface area (Å²) in [6, 6.07) is 4.75. The van der Waals surface area contributed by atoms with Crippen LogP contribution < -0.4 is 11.1 Å². The molecule has 0 radical (unpaired) electrons. The zero-order chi connectivity index (χ0) is 13.8. The summed E-state index contributed by atoms with van der Waals surface area (Å²) < 4.78 is 36.3. The van der Waals surface area contributed by atoms with Crippen molar-refractivity contribution in [1.82, 2.24) is 5.32 Å². The van der Waals surface area contributed by atoms with Crippen LogP contribution in [0.2, 0.25) is 0 Å². The van der Waals surface area contributed by atoms with E-state index in [9.17, 15) is 18.0 Å². The van der Waals surface area contributed by atoms with E-state index >= 15 is 0 Å². The molecule has 0 bridgehead atoms. The molecule has 0 aliphatic heterocycles. The molecule has 0 heterocycles. The highest BCUT2D eigenvalue weighted by Crippen LogP contribution is 2.21. The summed E-state index contributed by atoms with van der Waals surface area (Å²) in [4.78, 5) is 11.6. The first-order valence-electron chi connectivity index (χ1n) is 5.19. The maximum Gasteiger partial charge on any atom is 0.389 e. The number of rotatable bonds is 4. The molecule has 0 aromatic heterocycles. The number of hydrogen-bond donors (Lipinski definition) is 2. The molecule has 1 rings (SSSR count). The molecule has 0 atom stereocenters. The second-order valence-corrected chi connectivity index (χ2v) is 4.62. The van der Waals surface area contributed by atoms with Crippen molar-refractivity contribution in [2.75, 3.05) is 12.3 Å². The third-order valence-corrected chi connectivity index (χ3v) is 2.68. The average Bonchev–Trinajstić information content (AvgIpc) is 2.26. The van der Waals surface area contributed by atoms with Crippen molar-refractivity contribution >= 4 is 27.5 Å². The minimum Gasteiger partial charge on any atom is -0.398 e. The van der Waals surface area contributed by atoms with Crippen molar-refractivity contribution in [3.05, 3.63) is 28.2 Å². The quantitative estimate of drug-likeness (QED) is 0.660. The van der Waals surface area contributed by atoms with Crippen molar-refractivity contribution in [1.29, 1.82) is 0 Å². The van der Waals surface area contributed by atoms with Gasteiger partial charge in [0.2, 0.25) is 0 Å². The predicted molar refractivity (Wildman–Crippen MR) is 66.2 cm³/mol. The van der Waals surface area contributed by atoms with Crippen molar-refractivity contribution in [2.45, 2.75) is 19.0 Å². The molecule has 1 amide bonds. The molecule has 0 fully saturated rings. The Hall–Kier alpha value is -1.24. The van der Waals surface area contributed by atoms with Gasteiger partial charge in [0.25, 0.3) is 5.91 Å². The lowest BCUT2D eigenvalue weighted by Gasteiger charge is -2.09. The largest absolute Gasteiger partial charge is 0.398 e.